The highest BCUT2D eigenvalue weighted by molar-refractivity contribution is 6.10. The predicted octanol–water partition coefficient (Wildman–Crippen LogP) is 5.16. The molecule has 156 valence electrons. The third-order valence-electron chi connectivity index (χ3n) is 5.03. The van der Waals surface area contributed by atoms with Crippen molar-refractivity contribution >= 4 is 23.4 Å². The monoisotopic (exact) mass is 414 g/mol. The Bertz CT molecular complexity index is 1250. The van der Waals surface area contributed by atoms with E-state index >= 15 is 0 Å². The second-order valence-corrected chi connectivity index (χ2v) is 7.40. The van der Waals surface area contributed by atoms with Gasteiger partial charge >= 0.3 is 0 Å². The minimum absolute atomic E-state index is 0.0480. The van der Waals surface area contributed by atoms with E-state index in [9.17, 15) is 20.2 Å². The van der Waals surface area contributed by atoms with E-state index in [0.29, 0.717) is 5.56 Å². The van der Waals surface area contributed by atoms with Crippen LogP contribution in [0.4, 0.5) is 11.4 Å². The lowest BCUT2D eigenvalue weighted by atomic mass is 10.1. The van der Waals surface area contributed by atoms with Gasteiger partial charge in [-0.1, -0.05) is 23.8 Å². The van der Waals surface area contributed by atoms with Crippen LogP contribution < -0.4 is 5.32 Å². The molecule has 0 fully saturated rings. The number of aromatic nitrogens is 1. The molecule has 0 aliphatic carbocycles. The summed E-state index contributed by atoms with van der Waals surface area (Å²) in [5, 5.41) is 23.3. The minimum atomic E-state index is -0.699. The summed E-state index contributed by atoms with van der Waals surface area (Å²) < 4.78 is 2.04. The fraction of sp³-hybridized carbons (Fsp3) is 0.167. The molecule has 0 aliphatic rings. The average molecular weight is 414 g/mol. The number of nitrogens with one attached hydrogen (secondary N) is 1. The summed E-state index contributed by atoms with van der Waals surface area (Å²) in [5.74, 6) is -0.699. The number of nitro groups is 1. The highest BCUT2D eigenvalue weighted by atomic mass is 16.6. The molecule has 0 saturated heterocycles. The second-order valence-electron chi connectivity index (χ2n) is 7.40. The second kappa shape index (κ2) is 8.67. The first-order valence-electron chi connectivity index (χ1n) is 9.65. The number of nitriles is 1. The lowest BCUT2D eigenvalue weighted by Crippen LogP contribution is -2.14. The fourth-order valence-electron chi connectivity index (χ4n) is 3.42. The molecule has 0 bridgehead atoms. The van der Waals surface area contributed by atoms with Crippen LogP contribution in [0.25, 0.3) is 11.8 Å². The van der Waals surface area contributed by atoms with E-state index in [0.717, 1.165) is 28.2 Å². The summed E-state index contributed by atoms with van der Waals surface area (Å²) in [7, 11) is 0. The van der Waals surface area contributed by atoms with Gasteiger partial charge in [-0.3, -0.25) is 14.9 Å². The third-order valence-corrected chi connectivity index (χ3v) is 5.03. The highest BCUT2D eigenvalue weighted by Crippen LogP contribution is 2.27. The van der Waals surface area contributed by atoms with Gasteiger partial charge in [0.1, 0.15) is 17.3 Å². The number of hydrogen-bond acceptors (Lipinski definition) is 4. The topological polar surface area (TPSA) is 101 Å². The van der Waals surface area contributed by atoms with Crippen molar-refractivity contribution in [1.29, 1.82) is 5.26 Å². The van der Waals surface area contributed by atoms with Gasteiger partial charge < -0.3 is 9.88 Å². The molecule has 7 nitrogen and oxygen atoms in total. The van der Waals surface area contributed by atoms with Crippen molar-refractivity contribution in [3.63, 3.8) is 0 Å². The van der Waals surface area contributed by atoms with E-state index < -0.39 is 10.8 Å². The van der Waals surface area contributed by atoms with Gasteiger partial charge in [-0.25, -0.2) is 0 Å². The molecule has 0 unspecified atom stereocenters. The van der Waals surface area contributed by atoms with Gasteiger partial charge in [-0.05, 0) is 69.2 Å². The van der Waals surface area contributed by atoms with Crippen LogP contribution in [-0.4, -0.2) is 15.4 Å². The zero-order chi connectivity index (χ0) is 22.7. The molecule has 0 aliphatic heterocycles. The molecule has 0 atom stereocenters. The lowest BCUT2D eigenvalue weighted by Gasteiger charge is -2.10. The Morgan fingerprint density at radius 1 is 1.06 bits per heavy atom. The Hall–Kier alpha value is -4.18. The van der Waals surface area contributed by atoms with Crippen molar-refractivity contribution in [2.75, 3.05) is 5.32 Å². The minimum Gasteiger partial charge on any atom is -0.318 e. The number of benzene rings is 2. The fourth-order valence-corrected chi connectivity index (χ4v) is 3.42. The number of nitrogens with zero attached hydrogens (tertiary/aromatic N) is 3. The molecule has 0 radical (unpaired) electrons. The van der Waals surface area contributed by atoms with Crippen LogP contribution in [-0.2, 0) is 4.79 Å². The number of rotatable bonds is 5. The van der Waals surface area contributed by atoms with E-state index in [1.54, 1.807) is 13.0 Å². The lowest BCUT2D eigenvalue weighted by molar-refractivity contribution is -0.384. The highest BCUT2D eigenvalue weighted by Gasteiger charge is 2.19. The van der Waals surface area contributed by atoms with E-state index in [2.05, 4.69) is 5.32 Å². The van der Waals surface area contributed by atoms with Crippen LogP contribution in [0.1, 0.15) is 28.1 Å². The number of nitro benzene ring substituents is 1. The summed E-state index contributed by atoms with van der Waals surface area (Å²) >= 11 is 0. The first kappa shape index (κ1) is 21.5. The largest absolute Gasteiger partial charge is 0.318 e. The van der Waals surface area contributed by atoms with Crippen molar-refractivity contribution in [2.24, 2.45) is 0 Å². The first-order valence-corrected chi connectivity index (χ1v) is 9.65. The van der Waals surface area contributed by atoms with E-state index in [1.165, 1.54) is 18.2 Å². The number of hydrogen-bond donors (Lipinski definition) is 1. The Labute approximate surface area is 180 Å². The molecular formula is C24H22N4O3. The van der Waals surface area contributed by atoms with Crippen molar-refractivity contribution < 1.29 is 9.72 Å². The standard InChI is InChI=1S/C24H22N4O3/c1-15-5-8-21(9-6-15)27-17(3)12-19(18(27)4)13-20(14-25)24(29)26-22-10-7-16(2)11-23(22)28(30)31/h5-13H,1-4H3,(H,26,29)/b20-13+. The van der Waals surface area contributed by atoms with Crippen molar-refractivity contribution in [1.82, 2.24) is 4.57 Å². The molecule has 1 aromatic heterocycles. The van der Waals surface area contributed by atoms with Crippen LogP contribution >= 0.6 is 0 Å². The van der Waals surface area contributed by atoms with E-state index in [4.69, 9.17) is 0 Å². The van der Waals surface area contributed by atoms with Gasteiger partial charge in [-0.15, -0.1) is 0 Å². The molecule has 0 spiro atoms. The predicted molar refractivity (Wildman–Crippen MR) is 120 cm³/mol. The van der Waals surface area contributed by atoms with Crippen LogP contribution in [0.15, 0.2) is 54.1 Å². The quantitative estimate of drug-likeness (QED) is 0.269. The Balaban J connectivity index is 1.95. The van der Waals surface area contributed by atoms with Gasteiger partial charge in [-0.2, -0.15) is 5.26 Å². The molecular weight excluding hydrogens is 392 g/mol. The number of amides is 1. The Morgan fingerprint density at radius 2 is 1.71 bits per heavy atom. The molecule has 0 saturated carbocycles. The average Bonchev–Trinajstić information content (AvgIpc) is 3.01. The zero-order valence-corrected chi connectivity index (χ0v) is 17.8. The van der Waals surface area contributed by atoms with Crippen LogP contribution in [0.5, 0.6) is 0 Å². The Kier molecular flexibility index (Phi) is 6.02. The van der Waals surface area contributed by atoms with Gasteiger partial charge in [0.2, 0.25) is 0 Å². The first-order chi connectivity index (χ1) is 14.7. The van der Waals surface area contributed by atoms with Crippen molar-refractivity contribution in [2.45, 2.75) is 27.7 Å². The number of carbonyl (C=O) groups excluding carboxylic acids is 1. The Morgan fingerprint density at radius 3 is 2.32 bits per heavy atom. The smallest absolute Gasteiger partial charge is 0.293 e. The van der Waals surface area contributed by atoms with Gasteiger partial charge in [0, 0.05) is 23.1 Å². The third kappa shape index (κ3) is 4.54. The molecule has 1 amide bonds. The maximum atomic E-state index is 12.7. The van der Waals surface area contributed by atoms with Gasteiger partial charge in [0.15, 0.2) is 0 Å². The van der Waals surface area contributed by atoms with Crippen LogP contribution in [0.2, 0.25) is 0 Å². The maximum Gasteiger partial charge on any atom is 0.293 e. The van der Waals surface area contributed by atoms with Crippen LogP contribution in [0, 0.1) is 49.1 Å². The van der Waals surface area contributed by atoms with Gasteiger partial charge in [0.05, 0.1) is 4.92 Å². The normalized spacial score (nSPS) is 11.1. The van der Waals surface area contributed by atoms with E-state index in [1.807, 2.05) is 61.7 Å². The molecule has 3 aromatic rings. The molecule has 7 heteroatoms. The van der Waals surface area contributed by atoms with Gasteiger partial charge in [0.25, 0.3) is 11.6 Å². The number of carbonyl (C=O) groups is 1. The van der Waals surface area contributed by atoms with Crippen LogP contribution in [0.3, 0.4) is 0 Å². The number of aryl methyl sites for hydroxylation is 3. The maximum absolute atomic E-state index is 12.7. The zero-order valence-electron chi connectivity index (χ0n) is 17.8. The molecule has 2 aromatic carbocycles. The van der Waals surface area contributed by atoms with E-state index in [-0.39, 0.29) is 16.9 Å². The SMILES string of the molecule is Cc1ccc(-n2c(C)cc(/C=C(\C#N)C(=O)Nc3ccc(C)cc3[N+](=O)[O-])c2C)cc1. The summed E-state index contributed by atoms with van der Waals surface area (Å²) in [6.45, 7) is 7.61. The molecule has 31 heavy (non-hydrogen) atoms. The van der Waals surface area contributed by atoms with Crippen molar-refractivity contribution in [3.05, 3.63) is 92.3 Å². The summed E-state index contributed by atoms with van der Waals surface area (Å²) in [6, 6.07) is 16.4. The summed E-state index contributed by atoms with van der Waals surface area (Å²) in [4.78, 5) is 23.4. The molecule has 1 heterocycles. The summed E-state index contributed by atoms with van der Waals surface area (Å²) in [6.07, 6.45) is 1.50. The van der Waals surface area contributed by atoms with Crippen molar-refractivity contribution in [3.8, 4) is 11.8 Å². The number of anilines is 1. The molecule has 1 N–H and O–H groups in total. The summed E-state index contributed by atoms with van der Waals surface area (Å²) in [5.41, 5.74) is 5.09. The molecule has 3 rings (SSSR count).